The Labute approximate surface area is 110 Å². The van der Waals surface area contributed by atoms with E-state index < -0.39 is 0 Å². The van der Waals surface area contributed by atoms with Crippen molar-refractivity contribution in [3.63, 3.8) is 0 Å². The monoisotopic (exact) mass is 269 g/mol. The highest BCUT2D eigenvalue weighted by atomic mass is 16.5. The van der Waals surface area contributed by atoms with Crippen molar-refractivity contribution in [1.82, 2.24) is 9.97 Å². The van der Waals surface area contributed by atoms with Gasteiger partial charge in [-0.3, -0.25) is 4.79 Å². The molecule has 19 heavy (non-hydrogen) atoms. The van der Waals surface area contributed by atoms with E-state index in [0.29, 0.717) is 49.4 Å². The van der Waals surface area contributed by atoms with Crippen LogP contribution in [0, 0.1) is 6.92 Å². The van der Waals surface area contributed by atoms with Gasteiger partial charge < -0.3 is 19.9 Å². The third-order valence-electron chi connectivity index (χ3n) is 2.67. The molecule has 0 spiro atoms. The van der Waals surface area contributed by atoms with Crippen LogP contribution in [0.3, 0.4) is 0 Å². The Balaban J connectivity index is 2.45. The third-order valence-corrected chi connectivity index (χ3v) is 2.67. The molecule has 106 valence electrons. The quantitative estimate of drug-likeness (QED) is 0.228. The minimum atomic E-state index is -0.333. The third kappa shape index (κ3) is 4.61. The molecule has 0 unspecified atom stereocenters. The predicted molar refractivity (Wildman–Crippen MR) is 69.6 cm³/mol. The first-order valence-corrected chi connectivity index (χ1v) is 6.24. The minimum absolute atomic E-state index is 0.226. The lowest BCUT2D eigenvalue weighted by Crippen LogP contribution is -2.08. The number of imidazole rings is 1. The molecular weight excluding hydrogens is 250 g/mol. The first-order chi connectivity index (χ1) is 9.08. The first-order valence-electron chi connectivity index (χ1n) is 6.24. The van der Waals surface area contributed by atoms with Gasteiger partial charge in [0, 0.05) is 12.1 Å². The van der Waals surface area contributed by atoms with Crippen LogP contribution >= 0.6 is 0 Å². The SMILES string of the molecule is CCOC(=O)CCCC/C(=N\O)c1[nH]c(=O)[nH]c1C. The maximum absolute atomic E-state index is 11.1. The van der Waals surface area contributed by atoms with E-state index in [0.717, 1.165) is 0 Å². The van der Waals surface area contributed by atoms with Gasteiger partial charge in [0.2, 0.25) is 0 Å². The molecule has 7 nitrogen and oxygen atoms in total. The number of rotatable bonds is 7. The van der Waals surface area contributed by atoms with Crippen LogP contribution in [0.2, 0.25) is 0 Å². The second-order valence-corrected chi connectivity index (χ2v) is 4.14. The lowest BCUT2D eigenvalue weighted by Gasteiger charge is -2.04. The van der Waals surface area contributed by atoms with E-state index in [2.05, 4.69) is 15.1 Å². The van der Waals surface area contributed by atoms with Gasteiger partial charge in [-0.2, -0.15) is 0 Å². The first kappa shape index (κ1) is 15.0. The number of hydrogen-bond acceptors (Lipinski definition) is 5. The van der Waals surface area contributed by atoms with Crippen LogP contribution in [-0.4, -0.2) is 33.5 Å². The smallest absolute Gasteiger partial charge is 0.323 e. The maximum atomic E-state index is 11.1. The van der Waals surface area contributed by atoms with Gasteiger partial charge in [0.05, 0.1) is 12.3 Å². The van der Waals surface area contributed by atoms with Crippen molar-refractivity contribution in [2.24, 2.45) is 5.16 Å². The van der Waals surface area contributed by atoms with Gasteiger partial charge in [-0.15, -0.1) is 0 Å². The van der Waals surface area contributed by atoms with Gasteiger partial charge >= 0.3 is 11.7 Å². The molecule has 0 atom stereocenters. The van der Waals surface area contributed by atoms with E-state index in [1.54, 1.807) is 13.8 Å². The van der Waals surface area contributed by atoms with Crippen molar-refractivity contribution < 1.29 is 14.7 Å². The van der Waals surface area contributed by atoms with Crippen LogP contribution in [0.15, 0.2) is 9.95 Å². The Hall–Kier alpha value is -2.05. The molecule has 0 saturated heterocycles. The van der Waals surface area contributed by atoms with Crippen molar-refractivity contribution in [3.05, 3.63) is 21.9 Å². The zero-order valence-electron chi connectivity index (χ0n) is 11.2. The molecule has 0 aliphatic carbocycles. The predicted octanol–water partition coefficient (Wildman–Crippen LogP) is 1.31. The molecule has 0 aromatic carbocycles. The Morgan fingerprint density at radius 2 is 2.00 bits per heavy atom. The summed E-state index contributed by atoms with van der Waals surface area (Å²) in [7, 11) is 0. The number of esters is 1. The fraction of sp³-hybridized carbons (Fsp3) is 0.583. The van der Waals surface area contributed by atoms with Crippen LogP contribution in [0.4, 0.5) is 0 Å². The number of oxime groups is 1. The van der Waals surface area contributed by atoms with Gasteiger partial charge in [-0.1, -0.05) is 5.16 Å². The second-order valence-electron chi connectivity index (χ2n) is 4.14. The molecule has 1 aromatic heterocycles. The van der Waals surface area contributed by atoms with E-state index in [9.17, 15) is 9.59 Å². The van der Waals surface area contributed by atoms with Crippen molar-refractivity contribution in [1.29, 1.82) is 0 Å². The van der Waals surface area contributed by atoms with E-state index in [4.69, 9.17) is 9.94 Å². The summed E-state index contributed by atoms with van der Waals surface area (Å²) in [5, 5.41) is 12.2. The molecule has 7 heteroatoms. The molecular formula is C12H19N3O4. The molecule has 0 fully saturated rings. The molecule has 0 bridgehead atoms. The average Bonchev–Trinajstić information content (AvgIpc) is 2.69. The van der Waals surface area contributed by atoms with Crippen LogP contribution in [0.5, 0.6) is 0 Å². The zero-order chi connectivity index (χ0) is 14.3. The fourth-order valence-corrected chi connectivity index (χ4v) is 1.78. The van der Waals surface area contributed by atoms with E-state index in [1.807, 2.05) is 0 Å². The summed E-state index contributed by atoms with van der Waals surface area (Å²) in [5.41, 5.74) is 1.20. The summed E-state index contributed by atoms with van der Waals surface area (Å²) in [4.78, 5) is 27.4. The number of aromatic nitrogens is 2. The molecule has 0 saturated carbocycles. The summed E-state index contributed by atoms with van der Waals surface area (Å²) in [6.07, 6.45) is 2.14. The van der Waals surface area contributed by atoms with Gasteiger partial charge in [-0.25, -0.2) is 4.79 Å². The van der Waals surface area contributed by atoms with E-state index >= 15 is 0 Å². The molecule has 3 N–H and O–H groups in total. The Bertz CT molecular complexity index is 501. The minimum Gasteiger partial charge on any atom is -0.466 e. The summed E-state index contributed by atoms with van der Waals surface area (Å²) in [5.74, 6) is -0.226. The van der Waals surface area contributed by atoms with Crippen LogP contribution in [-0.2, 0) is 9.53 Å². The highest BCUT2D eigenvalue weighted by Crippen LogP contribution is 2.09. The molecule has 1 aromatic rings. The van der Waals surface area contributed by atoms with Crippen LogP contribution in [0.1, 0.15) is 44.0 Å². The van der Waals surface area contributed by atoms with Gasteiger partial charge in [-0.05, 0) is 33.1 Å². The number of hydrogen-bond donors (Lipinski definition) is 3. The number of nitrogens with zero attached hydrogens (tertiary/aromatic N) is 1. The molecule has 0 radical (unpaired) electrons. The highest BCUT2D eigenvalue weighted by Gasteiger charge is 2.11. The number of aryl methyl sites for hydroxylation is 1. The lowest BCUT2D eigenvalue weighted by molar-refractivity contribution is -0.143. The topological polar surface area (TPSA) is 108 Å². The molecule has 1 heterocycles. The molecule has 0 aliphatic rings. The number of nitrogens with one attached hydrogen (secondary N) is 2. The van der Waals surface area contributed by atoms with Crippen LogP contribution < -0.4 is 5.69 Å². The van der Waals surface area contributed by atoms with Gasteiger partial charge in [0.25, 0.3) is 0 Å². The van der Waals surface area contributed by atoms with E-state index in [1.165, 1.54) is 0 Å². The average molecular weight is 269 g/mol. The van der Waals surface area contributed by atoms with Crippen LogP contribution in [0.25, 0.3) is 0 Å². The zero-order valence-corrected chi connectivity index (χ0v) is 11.2. The largest absolute Gasteiger partial charge is 0.466 e. The highest BCUT2D eigenvalue weighted by molar-refractivity contribution is 5.99. The molecule has 1 rings (SSSR count). The normalized spacial score (nSPS) is 11.6. The van der Waals surface area contributed by atoms with Gasteiger partial charge in [0.1, 0.15) is 5.71 Å². The summed E-state index contributed by atoms with van der Waals surface area (Å²) >= 11 is 0. The Kier molecular flexibility index (Phi) is 5.84. The number of ether oxygens (including phenoxy) is 1. The Morgan fingerprint density at radius 3 is 2.53 bits per heavy atom. The molecule has 0 amide bonds. The van der Waals surface area contributed by atoms with Crippen molar-refractivity contribution in [3.8, 4) is 0 Å². The number of carbonyl (C=O) groups excluding carboxylic acids is 1. The number of carbonyl (C=O) groups is 1. The number of unbranched alkanes of at least 4 members (excludes halogenated alkanes) is 1. The van der Waals surface area contributed by atoms with Crippen molar-refractivity contribution >= 4 is 11.7 Å². The maximum Gasteiger partial charge on any atom is 0.323 e. The number of H-pyrrole nitrogens is 2. The molecule has 0 aliphatic heterocycles. The number of aromatic amines is 2. The summed E-state index contributed by atoms with van der Waals surface area (Å²) in [6.45, 7) is 3.86. The van der Waals surface area contributed by atoms with Gasteiger partial charge in [0.15, 0.2) is 0 Å². The standard InChI is InChI=1S/C12H19N3O4/c1-3-19-10(16)7-5-4-6-9(15-18)11-8(2)13-12(17)14-11/h18H,3-7H2,1-2H3,(H2,13,14,17)/b15-9+. The van der Waals surface area contributed by atoms with Crippen molar-refractivity contribution in [2.45, 2.75) is 39.5 Å². The fourth-order valence-electron chi connectivity index (χ4n) is 1.78. The summed E-state index contributed by atoms with van der Waals surface area (Å²) in [6, 6.07) is 0. The second kappa shape index (κ2) is 7.40. The summed E-state index contributed by atoms with van der Waals surface area (Å²) < 4.78 is 4.81. The van der Waals surface area contributed by atoms with E-state index in [-0.39, 0.29) is 11.7 Å². The van der Waals surface area contributed by atoms with Crippen molar-refractivity contribution in [2.75, 3.05) is 6.61 Å². The lowest BCUT2D eigenvalue weighted by atomic mass is 10.1. The Morgan fingerprint density at radius 1 is 1.32 bits per heavy atom.